The highest BCUT2D eigenvalue weighted by molar-refractivity contribution is 8.00. The number of para-hydroxylation sites is 3. The number of ether oxygens (including phenoxy) is 1. The van der Waals surface area contributed by atoms with Crippen molar-refractivity contribution in [1.29, 1.82) is 0 Å². The second-order valence-corrected chi connectivity index (χ2v) is 8.49. The number of anilines is 2. The maximum absolute atomic E-state index is 12.9. The fraction of sp³-hybridized carbons (Fsp3) is 0.417. The lowest BCUT2D eigenvalue weighted by Gasteiger charge is -2.27. The smallest absolute Gasteiger partial charge is 0.238 e. The van der Waals surface area contributed by atoms with Crippen LogP contribution in [0.15, 0.2) is 48.5 Å². The van der Waals surface area contributed by atoms with E-state index in [0.29, 0.717) is 11.5 Å². The Morgan fingerprint density at radius 1 is 1.20 bits per heavy atom. The fourth-order valence-corrected chi connectivity index (χ4v) is 4.98. The molecule has 6 heteroatoms. The summed E-state index contributed by atoms with van der Waals surface area (Å²) in [4.78, 5) is 27.5. The molecule has 0 spiro atoms. The molecule has 2 aromatic carbocycles. The summed E-state index contributed by atoms with van der Waals surface area (Å²) in [6, 6.07) is 15.3. The van der Waals surface area contributed by atoms with Crippen molar-refractivity contribution in [2.75, 3.05) is 23.1 Å². The predicted molar refractivity (Wildman–Crippen MR) is 124 cm³/mol. The van der Waals surface area contributed by atoms with Crippen molar-refractivity contribution in [1.82, 2.24) is 0 Å². The highest BCUT2D eigenvalue weighted by atomic mass is 32.2. The van der Waals surface area contributed by atoms with Crippen molar-refractivity contribution in [2.45, 2.75) is 44.9 Å². The minimum absolute atomic E-state index is 0.00110. The van der Waals surface area contributed by atoms with Gasteiger partial charge in [0.05, 0.1) is 18.6 Å². The quantitative estimate of drug-likeness (QED) is 0.565. The summed E-state index contributed by atoms with van der Waals surface area (Å²) < 4.78 is 5.50. The molecule has 1 fully saturated rings. The number of thioether (sulfide) groups is 1. The molecule has 0 bridgehead atoms. The number of amides is 2. The van der Waals surface area contributed by atoms with E-state index in [1.54, 1.807) is 23.8 Å². The molecule has 1 heterocycles. The van der Waals surface area contributed by atoms with E-state index in [9.17, 15) is 9.59 Å². The van der Waals surface area contributed by atoms with Crippen molar-refractivity contribution in [2.24, 2.45) is 5.92 Å². The standard InChI is InChI=1S/C24H30N2O3S/c1-4-6-11-17(5-2)23(28)25-19-13-8-7-12-18(19)24-26(22(27)16-30-24)20-14-9-10-15-21(20)29-3/h7-10,12-15,17,24H,4-6,11,16H2,1-3H3,(H,25,28)/t17-,24+/m1/s1. The van der Waals surface area contributed by atoms with Crippen LogP contribution in [0.5, 0.6) is 5.75 Å². The molecular weight excluding hydrogens is 396 g/mol. The summed E-state index contributed by atoms with van der Waals surface area (Å²) in [5.41, 5.74) is 2.44. The lowest BCUT2D eigenvalue weighted by Crippen LogP contribution is -2.29. The van der Waals surface area contributed by atoms with E-state index < -0.39 is 0 Å². The van der Waals surface area contributed by atoms with Crippen LogP contribution in [-0.4, -0.2) is 24.7 Å². The third-order valence-corrected chi connectivity index (χ3v) is 6.66. The molecule has 3 rings (SSSR count). The summed E-state index contributed by atoms with van der Waals surface area (Å²) in [5.74, 6) is 1.13. The molecule has 5 nitrogen and oxygen atoms in total. The normalized spacial score (nSPS) is 17.1. The van der Waals surface area contributed by atoms with Gasteiger partial charge in [-0.2, -0.15) is 0 Å². The van der Waals surface area contributed by atoms with Crippen LogP contribution >= 0.6 is 11.8 Å². The van der Waals surface area contributed by atoms with Crippen LogP contribution in [-0.2, 0) is 9.59 Å². The van der Waals surface area contributed by atoms with Crippen molar-refractivity contribution >= 4 is 35.0 Å². The number of methoxy groups -OCH3 is 1. The van der Waals surface area contributed by atoms with Crippen LogP contribution in [0.25, 0.3) is 0 Å². The van der Waals surface area contributed by atoms with E-state index >= 15 is 0 Å². The van der Waals surface area contributed by atoms with Crippen LogP contribution in [0.1, 0.15) is 50.5 Å². The molecule has 0 aliphatic carbocycles. The minimum Gasteiger partial charge on any atom is -0.495 e. The summed E-state index contributed by atoms with van der Waals surface area (Å²) in [5, 5.41) is 2.92. The molecule has 1 aliphatic rings. The number of nitrogens with one attached hydrogen (secondary N) is 1. The number of unbranched alkanes of at least 4 members (excludes halogenated alkanes) is 1. The summed E-state index contributed by atoms with van der Waals surface area (Å²) in [6.07, 6.45) is 3.83. The van der Waals surface area contributed by atoms with Gasteiger partial charge in [0.2, 0.25) is 11.8 Å². The third-order valence-electron chi connectivity index (χ3n) is 5.47. The van der Waals surface area contributed by atoms with Gasteiger partial charge in [0.15, 0.2) is 0 Å². The molecule has 1 N–H and O–H groups in total. The molecule has 1 saturated heterocycles. The topological polar surface area (TPSA) is 58.6 Å². The van der Waals surface area contributed by atoms with Gasteiger partial charge in [0, 0.05) is 17.2 Å². The number of hydrogen-bond acceptors (Lipinski definition) is 4. The van der Waals surface area contributed by atoms with E-state index in [2.05, 4.69) is 19.2 Å². The van der Waals surface area contributed by atoms with Crippen LogP contribution < -0.4 is 15.0 Å². The van der Waals surface area contributed by atoms with E-state index in [-0.39, 0.29) is 23.1 Å². The first-order valence-corrected chi connectivity index (χ1v) is 11.6. The van der Waals surface area contributed by atoms with Gasteiger partial charge in [-0.1, -0.05) is 57.0 Å². The van der Waals surface area contributed by atoms with E-state index in [4.69, 9.17) is 4.74 Å². The van der Waals surface area contributed by atoms with Gasteiger partial charge >= 0.3 is 0 Å². The minimum atomic E-state index is -0.221. The van der Waals surface area contributed by atoms with Crippen molar-refractivity contribution in [3.8, 4) is 5.75 Å². The molecule has 0 radical (unpaired) electrons. The lowest BCUT2D eigenvalue weighted by molar-refractivity contribution is -0.120. The Kier molecular flexibility index (Phi) is 7.80. The SMILES string of the molecule is CCCC[C@@H](CC)C(=O)Nc1ccccc1[C@@H]1SCC(=O)N1c1ccccc1OC. The predicted octanol–water partition coefficient (Wildman–Crippen LogP) is 5.63. The van der Waals surface area contributed by atoms with Crippen LogP contribution in [0.2, 0.25) is 0 Å². The fourth-order valence-electron chi connectivity index (χ4n) is 3.78. The van der Waals surface area contributed by atoms with Crippen molar-refractivity contribution < 1.29 is 14.3 Å². The van der Waals surface area contributed by atoms with Crippen molar-refractivity contribution in [3.63, 3.8) is 0 Å². The zero-order chi connectivity index (χ0) is 21.5. The Labute approximate surface area is 183 Å². The number of carbonyl (C=O) groups is 2. The Hall–Kier alpha value is -2.47. The lowest BCUT2D eigenvalue weighted by atomic mass is 9.98. The van der Waals surface area contributed by atoms with Gasteiger partial charge in [-0.3, -0.25) is 14.5 Å². The monoisotopic (exact) mass is 426 g/mol. The number of nitrogens with zero attached hydrogens (tertiary/aromatic N) is 1. The molecule has 160 valence electrons. The summed E-state index contributed by atoms with van der Waals surface area (Å²) in [7, 11) is 1.61. The maximum Gasteiger partial charge on any atom is 0.238 e. The van der Waals surface area contributed by atoms with Gasteiger partial charge < -0.3 is 10.1 Å². The first kappa shape index (κ1) is 22.2. The Bertz CT molecular complexity index is 886. The highest BCUT2D eigenvalue weighted by Crippen LogP contribution is 2.46. The molecule has 2 atom stereocenters. The Morgan fingerprint density at radius 2 is 1.93 bits per heavy atom. The number of rotatable bonds is 9. The molecule has 2 amide bonds. The number of benzene rings is 2. The van der Waals surface area contributed by atoms with E-state index in [1.807, 2.05) is 48.5 Å². The molecular formula is C24H30N2O3S. The van der Waals surface area contributed by atoms with E-state index in [0.717, 1.165) is 42.6 Å². The molecule has 30 heavy (non-hydrogen) atoms. The average molecular weight is 427 g/mol. The third kappa shape index (κ3) is 4.81. The number of hydrogen-bond donors (Lipinski definition) is 1. The largest absolute Gasteiger partial charge is 0.495 e. The molecule has 0 unspecified atom stereocenters. The maximum atomic E-state index is 12.9. The van der Waals surface area contributed by atoms with Gasteiger partial charge in [-0.05, 0) is 31.0 Å². The van der Waals surface area contributed by atoms with Gasteiger partial charge in [0.1, 0.15) is 11.1 Å². The van der Waals surface area contributed by atoms with Gasteiger partial charge in [0.25, 0.3) is 0 Å². The second kappa shape index (κ2) is 10.5. The van der Waals surface area contributed by atoms with Crippen LogP contribution in [0.3, 0.4) is 0 Å². The van der Waals surface area contributed by atoms with Gasteiger partial charge in [-0.25, -0.2) is 0 Å². The molecule has 1 aliphatic heterocycles. The summed E-state index contributed by atoms with van der Waals surface area (Å²) in [6.45, 7) is 4.20. The summed E-state index contributed by atoms with van der Waals surface area (Å²) >= 11 is 1.56. The zero-order valence-electron chi connectivity index (χ0n) is 17.9. The molecule has 0 saturated carbocycles. The second-order valence-electron chi connectivity index (χ2n) is 7.42. The van der Waals surface area contributed by atoms with Crippen LogP contribution in [0.4, 0.5) is 11.4 Å². The van der Waals surface area contributed by atoms with Gasteiger partial charge in [-0.15, -0.1) is 11.8 Å². The molecule has 2 aromatic rings. The Balaban J connectivity index is 1.90. The first-order chi connectivity index (χ1) is 14.6. The number of carbonyl (C=O) groups excluding carboxylic acids is 2. The molecule has 0 aromatic heterocycles. The Morgan fingerprint density at radius 3 is 2.67 bits per heavy atom. The zero-order valence-corrected chi connectivity index (χ0v) is 18.7. The average Bonchev–Trinajstić information content (AvgIpc) is 3.15. The highest BCUT2D eigenvalue weighted by Gasteiger charge is 2.37. The van der Waals surface area contributed by atoms with E-state index in [1.165, 1.54) is 0 Å². The first-order valence-electron chi connectivity index (χ1n) is 10.6. The van der Waals surface area contributed by atoms with Crippen LogP contribution in [0, 0.1) is 5.92 Å². The van der Waals surface area contributed by atoms with Crippen molar-refractivity contribution in [3.05, 3.63) is 54.1 Å².